The van der Waals surface area contributed by atoms with Gasteiger partial charge in [-0.05, 0) is 24.0 Å². The Kier molecular flexibility index (Phi) is 2.59. The van der Waals surface area contributed by atoms with Gasteiger partial charge < -0.3 is 0 Å². The van der Waals surface area contributed by atoms with E-state index < -0.39 is 0 Å². The normalized spacial score (nSPS) is 36.7. The first-order valence-corrected chi connectivity index (χ1v) is 7.70. The Morgan fingerprint density at radius 3 is 2.94 bits per heavy atom. The van der Waals surface area contributed by atoms with E-state index in [1.165, 1.54) is 12.8 Å². The maximum atomic E-state index is 3.80. The zero-order valence-corrected chi connectivity index (χ0v) is 11.1. The van der Waals surface area contributed by atoms with Gasteiger partial charge in [0.15, 0.2) is 0 Å². The zero-order valence-electron chi connectivity index (χ0n) is 10.3. The highest BCUT2D eigenvalue weighted by molar-refractivity contribution is 8.01. The summed E-state index contributed by atoms with van der Waals surface area (Å²) in [5.74, 6) is 0.693. The average Bonchev–Trinajstić information content (AvgIpc) is 3.02. The van der Waals surface area contributed by atoms with Crippen LogP contribution in [0.3, 0.4) is 0 Å². The molecule has 1 heterocycles. The molecule has 0 bridgehead atoms. The Morgan fingerprint density at radius 2 is 2.00 bits per heavy atom. The fourth-order valence-electron chi connectivity index (χ4n) is 3.38. The molecule has 1 nitrogen and oxygen atoms in total. The number of rotatable bonds is 1. The van der Waals surface area contributed by atoms with Crippen molar-refractivity contribution in [2.75, 3.05) is 0 Å². The lowest BCUT2D eigenvalue weighted by atomic mass is 10.0. The second-order valence-corrected chi connectivity index (χ2v) is 6.65. The molecule has 4 atom stereocenters. The highest BCUT2D eigenvalue weighted by atomic mass is 32.2. The van der Waals surface area contributed by atoms with Gasteiger partial charge >= 0.3 is 0 Å². The van der Waals surface area contributed by atoms with Gasteiger partial charge in [-0.3, -0.25) is 5.32 Å². The molecular weight excluding hydrogens is 238 g/mol. The third-order valence-corrected chi connectivity index (χ3v) is 5.81. The van der Waals surface area contributed by atoms with Gasteiger partial charge in [0.05, 0.1) is 5.37 Å². The summed E-state index contributed by atoms with van der Waals surface area (Å²) in [6.07, 6.45) is 11.5. The van der Waals surface area contributed by atoms with E-state index in [0.29, 0.717) is 22.6 Å². The van der Waals surface area contributed by atoms with Crippen molar-refractivity contribution >= 4 is 11.8 Å². The van der Waals surface area contributed by atoms with Crippen LogP contribution in [0.1, 0.15) is 23.5 Å². The maximum absolute atomic E-state index is 3.80. The third kappa shape index (κ3) is 1.67. The number of fused-ring (bicyclic) bond motifs is 2. The second-order valence-electron chi connectivity index (χ2n) is 5.33. The summed E-state index contributed by atoms with van der Waals surface area (Å²) in [5.41, 5.74) is 3.14. The first-order chi connectivity index (χ1) is 8.92. The molecule has 1 aromatic carbocycles. The van der Waals surface area contributed by atoms with Crippen molar-refractivity contribution in [2.24, 2.45) is 0 Å². The molecule has 0 amide bonds. The lowest BCUT2D eigenvalue weighted by Crippen LogP contribution is -2.34. The Morgan fingerprint density at radius 1 is 1.11 bits per heavy atom. The summed E-state index contributed by atoms with van der Waals surface area (Å²) in [4.78, 5) is 0. The molecule has 4 rings (SSSR count). The molecular formula is C16H17NS. The van der Waals surface area contributed by atoms with E-state index >= 15 is 0 Å². The number of thioether (sulfide) groups is 1. The summed E-state index contributed by atoms with van der Waals surface area (Å²) in [5, 5.41) is 5.01. The Labute approximate surface area is 112 Å². The van der Waals surface area contributed by atoms with Gasteiger partial charge in [0.25, 0.3) is 0 Å². The molecule has 0 spiro atoms. The molecule has 1 N–H and O–H groups in total. The average molecular weight is 255 g/mol. The third-order valence-electron chi connectivity index (χ3n) is 4.29. The number of allylic oxidation sites excluding steroid dienone is 2. The van der Waals surface area contributed by atoms with Crippen molar-refractivity contribution in [1.82, 2.24) is 5.32 Å². The fourth-order valence-corrected chi connectivity index (χ4v) is 4.95. The van der Waals surface area contributed by atoms with Gasteiger partial charge in [-0.2, -0.15) is 0 Å². The second kappa shape index (κ2) is 4.29. The molecule has 3 aliphatic rings. The zero-order chi connectivity index (χ0) is 11.9. The van der Waals surface area contributed by atoms with Crippen LogP contribution in [0.4, 0.5) is 0 Å². The van der Waals surface area contributed by atoms with Gasteiger partial charge in [-0.25, -0.2) is 0 Å². The number of hydrogen-bond donors (Lipinski definition) is 1. The van der Waals surface area contributed by atoms with E-state index in [1.807, 2.05) is 0 Å². The predicted molar refractivity (Wildman–Crippen MR) is 77.9 cm³/mol. The molecule has 2 aliphatic carbocycles. The molecule has 92 valence electrons. The smallest absolute Gasteiger partial charge is 0.0613 e. The standard InChI is InChI=1S/C16H17NS/c1-2-6-12-11(5-1)9-10-13(12)16-17-14-7-3-4-8-15(14)18-16/h1-8,13-17H,9-10H2. The van der Waals surface area contributed by atoms with Crippen LogP contribution in [0.15, 0.2) is 48.6 Å². The van der Waals surface area contributed by atoms with Crippen LogP contribution in [0, 0.1) is 0 Å². The monoisotopic (exact) mass is 255 g/mol. The van der Waals surface area contributed by atoms with Crippen molar-refractivity contribution in [3.8, 4) is 0 Å². The molecule has 0 radical (unpaired) electrons. The molecule has 2 heteroatoms. The molecule has 1 aromatic rings. The number of nitrogens with one attached hydrogen (secondary N) is 1. The first-order valence-electron chi connectivity index (χ1n) is 6.76. The SMILES string of the molecule is C1=CC2NC(C3CCc4ccccc43)SC2C=C1. The van der Waals surface area contributed by atoms with E-state index in [-0.39, 0.29) is 0 Å². The van der Waals surface area contributed by atoms with Crippen LogP contribution in [-0.4, -0.2) is 16.7 Å². The molecule has 0 aromatic heterocycles. The van der Waals surface area contributed by atoms with Crippen LogP contribution in [0.25, 0.3) is 0 Å². The van der Waals surface area contributed by atoms with Crippen molar-refractivity contribution in [3.63, 3.8) is 0 Å². The summed E-state index contributed by atoms with van der Waals surface area (Å²) in [6.45, 7) is 0. The molecule has 4 unspecified atom stereocenters. The number of benzene rings is 1. The van der Waals surface area contributed by atoms with E-state index in [4.69, 9.17) is 0 Å². The van der Waals surface area contributed by atoms with Gasteiger partial charge in [-0.15, -0.1) is 11.8 Å². The lowest BCUT2D eigenvalue weighted by molar-refractivity contribution is 0.532. The van der Waals surface area contributed by atoms with Crippen LogP contribution in [0.2, 0.25) is 0 Å². The van der Waals surface area contributed by atoms with E-state index in [0.717, 1.165) is 0 Å². The van der Waals surface area contributed by atoms with Crippen LogP contribution in [0.5, 0.6) is 0 Å². The maximum Gasteiger partial charge on any atom is 0.0613 e. The van der Waals surface area contributed by atoms with E-state index in [2.05, 4.69) is 65.6 Å². The van der Waals surface area contributed by atoms with Gasteiger partial charge in [0, 0.05) is 17.2 Å². The van der Waals surface area contributed by atoms with Crippen LogP contribution >= 0.6 is 11.8 Å². The van der Waals surface area contributed by atoms with E-state index in [9.17, 15) is 0 Å². The Hall–Kier alpha value is -0.990. The summed E-state index contributed by atoms with van der Waals surface area (Å²) in [7, 11) is 0. The van der Waals surface area contributed by atoms with Crippen molar-refractivity contribution in [2.45, 2.75) is 35.4 Å². The Bertz CT molecular complexity index is 500. The lowest BCUT2D eigenvalue weighted by Gasteiger charge is -2.19. The van der Waals surface area contributed by atoms with Crippen LogP contribution < -0.4 is 5.32 Å². The fraction of sp³-hybridized carbons (Fsp3) is 0.375. The Balaban J connectivity index is 1.60. The van der Waals surface area contributed by atoms with Crippen molar-refractivity contribution in [3.05, 3.63) is 59.7 Å². The van der Waals surface area contributed by atoms with Crippen LogP contribution in [-0.2, 0) is 6.42 Å². The topological polar surface area (TPSA) is 12.0 Å². The summed E-state index contributed by atoms with van der Waals surface area (Å²) in [6, 6.07) is 9.51. The van der Waals surface area contributed by atoms with Crippen molar-refractivity contribution in [1.29, 1.82) is 0 Å². The number of hydrogen-bond acceptors (Lipinski definition) is 2. The minimum atomic E-state index is 0.540. The minimum Gasteiger partial charge on any atom is -0.297 e. The van der Waals surface area contributed by atoms with Crippen molar-refractivity contribution < 1.29 is 0 Å². The van der Waals surface area contributed by atoms with Gasteiger partial charge in [-0.1, -0.05) is 48.6 Å². The highest BCUT2D eigenvalue weighted by Crippen LogP contribution is 2.44. The van der Waals surface area contributed by atoms with Gasteiger partial charge in [0.2, 0.25) is 0 Å². The molecule has 0 saturated carbocycles. The molecule has 1 saturated heterocycles. The predicted octanol–water partition coefficient (Wildman–Crippen LogP) is 3.24. The van der Waals surface area contributed by atoms with E-state index in [1.54, 1.807) is 11.1 Å². The molecule has 18 heavy (non-hydrogen) atoms. The first kappa shape index (κ1) is 10.9. The molecule has 1 aliphatic heterocycles. The molecule has 1 fully saturated rings. The van der Waals surface area contributed by atoms with Gasteiger partial charge in [0.1, 0.15) is 0 Å². The minimum absolute atomic E-state index is 0.540. The summed E-state index contributed by atoms with van der Waals surface area (Å²) < 4.78 is 0. The number of aryl methyl sites for hydroxylation is 1. The largest absolute Gasteiger partial charge is 0.297 e. The summed E-state index contributed by atoms with van der Waals surface area (Å²) >= 11 is 2.11. The quantitative estimate of drug-likeness (QED) is 0.827. The highest BCUT2D eigenvalue weighted by Gasteiger charge is 2.39.